The van der Waals surface area contributed by atoms with Gasteiger partial charge in [0, 0.05) is 10.9 Å². The number of thiazole rings is 1. The summed E-state index contributed by atoms with van der Waals surface area (Å²) in [5.74, 6) is 0. The van der Waals surface area contributed by atoms with E-state index in [2.05, 4.69) is 22.4 Å². The number of rotatable bonds is 3. The molecular weight excluding hydrogens is 285 g/mol. The topological polar surface area (TPSA) is 24.9 Å². The van der Waals surface area contributed by atoms with E-state index >= 15 is 0 Å². The van der Waals surface area contributed by atoms with Crippen molar-refractivity contribution in [1.82, 2.24) is 4.98 Å². The number of nitrogens with one attached hydrogen (secondary N) is 1. The summed E-state index contributed by atoms with van der Waals surface area (Å²) in [6.45, 7) is -1.05. The molecule has 0 spiro atoms. The largest absolute Gasteiger partial charge is 0.405 e. The van der Waals surface area contributed by atoms with Crippen LogP contribution in [0.3, 0.4) is 0 Å². The van der Waals surface area contributed by atoms with Crippen molar-refractivity contribution in [3.8, 4) is 11.3 Å². The van der Waals surface area contributed by atoms with Gasteiger partial charge in [0.1, 0.15) is 6.54 Å². The second-order valence-corrected chi connectivity index (χ2v) is 5.70. The van der Waals surface area contributed by atoms with E-state index in [1.54, 1.807) is 5.38 Å². The van der Waals surface area contributed by atoms with Crippen molar-refractivity contribution >= 4 is 16.5 Å². The number of anilines is 1. The lowest BCUT2D eigenvalue weighted by molar-refractivity contribution is -0.115. The maximum atomic E-state index is 12.1. The maximum Gasteiger partial charge on any atom is 0.405 e. The first-order valence-corrected chi connectivity index (χ1v) is 7.27. The van der Waals surface area contributed by atoms with E-state index in [-0.39, 0.29) is 0 Å². The van der Waals surface area contributed by atoms with Gasteiger partial charge >= 0.3 is 6.18 Å². The van der Waals surface area contributed by atoms with Gasteiger partial charge in [0.25, 0.3) is 0 Å². The summed E-state index contributed by atoms with van der Waals surface area (Å²) in [6.07, 6.45) is -0.856. The summed E-state index contributed by atoms with van der Waals surface area (Å²) in [7, 11) is 0. The van der Waals surface area contributed by atoms with Gasteiger partial charge in [-0.25, -0.2) is 4.98 Å². The van der Waals surface area contributed by atoms with Crippen LogP contribution in [0.15, 0.2) is 23.6 Å². The molecule has 0 saturated heterocycles. The van der Waals surface area contributed by atoms with Gasteiger partial charge in [0.15, 0.2) is 5.13 Å². The standard InChI is InChI=1S/C14H13F3N2S/c15-14(16,17)8-18-13-19-12(7-20-13)11-5-4-9-2-1-3-10(9)6-11/h4-7H,1-3,8H2,(H,18,19). The lowest BCUT2D eigenvalue weighted by Crippen LogP contribution is -2.21. The number of alkyl halides is 3. The number of benzene rings is 1. The van der Waals surface area contributed by atoms with Crippen LogP contribution in [-0.2, 0) is 12.8 Å². The molecule has 0 bridgehead atoms. The van der Waals surface area contributed by atoms with Crippen LogP contribution < -0.4 is 5.32 Å². The first-order chi connectivity index (χ1) is 9.51. The third-order valence-electron chi connectivity index (χ3n) is 3.34. The molecule has 1 aromatic heterocycles. The predicted molar refractivity (Wildman–Crippen MR) is 74.1 cm³/mol. The highest BCUT2D eigenvalue weighted by molar-refractivity contribution is 7.14. The van der Waals surface area contributed by atoms with Crippen LogP contribution in [0, 0.1) is 0 Å². The Morgan fingerprint density at radius 1 is 1.20 bits per heavy atom. The first-order valence-electron chi connectivity index (χ1n) is 6.39. The van der Waals surface area contributed by atoms with E-state index in [1.807, 2.05) is 6.07 Å². The highest BCUT2D eigenvalue weighted by Gasteiger charge is 2.27. The Morgan fingerprint density at radius 2 is 2.00 bits per heavy atom. The smallest absolute Gasteiger partial charge is 0.352 e. The zero-order chi connectivity index (χ0) is 14.2. The number of fused-ring (bicyclic) bond motifs is 1. The van der Waals surface area contributed by atoms with E-state index in [0.717, 1.165) is 24.1 Å². The van der Waals surface area contributed by atoms with Gasteiger partial charge in [0.05, 0.1) is 5.69 Å². The first kappa shape index (κ1) is 13.4. The number of nitrogens with zero attached hydrogens (tertiary/aromatic N) is 1. The van der Waals surface area contributed by atoms with E-state index in [4.69, 9.17) is 0 Å². The zero-order valence-electron chi connectivity index (χ0n) is 10.6. The van der Waals surface area contributed by atoms with Crippen molar-refractivity contribution in [1.29, 1.82) is 0 Å². The Hall–Kier alpha value is -1.56. The Balaban J connectivity index is 1.76. The lowest BCUT2D eigenvalue weighted by atomic mass is 10.1. The summed E-state index contributed by atoms with van der Waals surface area (Å²) in [6, 6.07) is 6.19. The van der Waals surface area contributed by atoms with Crippen LogP contribution in [0.2, 0.25) is 0 Å². The summed E-state index contributed by atoms with van der Waals surface area (Å²) in [5, 5.41) is 4.40. The summed E-state index contributed by atoms with van der Waals surface area (Å²) in [5.41, 5.74) is 4.41. The molecule has 0 amide bonds. The summed E-state index contributed by atoms with van der Waals surface area (Å²) < 4.78 is 36.4. The second-order valence-electron chi connectivity index (χ2n) is 4.84. The SMILES string of the molecule is FC(F)(F)CNc1nc(-c2ccc3c(c2)CCC3)cs1. The number of hydrogen-bond acceptors (Lipinski definition) is 3. The van der Waals surface area contributed by atoms with Crippen molar-refractivity contribution in [2.24, 2.45) is 0 Å². The molecule has 106 valence electrons. The van der Waals surface area contributed by atoms with Gasteiger partial charge < -0.3 is 5.32 Å². The van der Waals surface area contributed by atoms with Crippen LogP contribution in [0.5, 0.6) is 0 Å². The zero-order valence-corrected chi connectivity index (χ0v) is 11.4. The van der Waals surface area contributed by atoms with E-state index in [0.29, 0.717) is 5.13 Å². The van der Waals surface area contributed by atoms with Gasteiger partial charge in [-0.2, -0.15) is 13.2 Å². The average molecular weight is 298 g/mol. The van der Waals surface area contributed by atoms with E-state index in [9.17, 15) is 13.2 Å². The molecule has 2 aromatic rings. The molecule has 1 N–H and O–H groups in total. The quantitative estimate of drug-likeness (QED) is 0.915. The van der Waals surface area contributed by atoms with Crippen LogP contribution in [-0.4, -0.2) is 17.7 Å². The molecule has 0 fully saturated rings. The van der Waals surface area contributed by atoms with Crippen LogP contribution >= 0.6 is 11.3 Å². The van der Waals surface area contributed by atoms with Crippen molar-refractivity contribution in [2.75, 3.05) is 11.9 Å². The summed E-state index contributed by atoms with van der Waals surface area (Å²) in [4.78, 5) is 4.22. The Morgan fingerprint density at radius 3 is 2.80 bits per heavy atom. The van der Waals surface area contributed by atoms with Crippen LogP contribution in [0.4, 0.5) is 18.3 Å². The maximum absolute atomic E-state index is 12.1. The highest BCUT2D eigenvalue weighted by Crippen LogP contribution is 2.30. The summed E-state index contributed by atoms with van der Waals surface area (Å²) >= 11 is 1.20. The fraction of sp³-hybridized carbons (Fsp3) is 0.357. The molecule has 0 saturated carbocycles. The van der Waals surface area contributed by atoms with Gasteiger partial charge in [-0.1, -0.05) is 12.1 Å². The third-order valence-corrected chi connectivity index (χ3v) is 4.14. The molecule has 0 atom stereocenters. The second kappa shape index (κ2) is 5.09. The molecule has 0 radical (unpaired) electrons. The van der Waals surface area contributed by atoms with E-state index < -0.39 is 12.7 Å². The number of hydrogen-bond donors (Lipinski definition) is 1. The molecular formula is C14H13F3N2S. The minimum absolute atomic E-state index is 0.304. The number of aromatic nitrogens is 1. The van der Waals surface area contributed by atoms with Gasteiger partial charge in [-0.15, -0.1) is 11.3 Å². The Bertz CT molecular complexity index is 619. The minimum atomic E-state index is -4.22. The predicted octanol–water partition coefficient (Wildman–Crippen LogP) is 4.27. The Kier molecular flexibility index (Phi) is 3.41. The fourth-order valence-corrected chi connectivity index (χ4v) is 3.11. The lowest BCUT2D eigenvalue weighted by Gasteiger charge is -2.06. The molecule has 1 aliphatic rings. The van der Waals surface area contributed by atoms with Crippen LogP contribution in [0.1, 0.15) is 17.5 Å². The monoisotopic (exact) mass is 298 g/mol. The molecule has 6 heteroatoms. The molecule has 2 nitrogen and oxygen atoms in total. The molecule has 20 heavy (non-hydrogen) atoms. The normalized spacial score (nSPS) is 14.3. The van der Waals surface area contributed by atoms with Crippen molar-refractivity contribution in [3.05, 3.63) is 34.7 Å². The molecule has 0 unspecified atom stereocenters. The van der Waals surface area contributed by atoms with Crippen LogP contribution in [0.25, 0.3) is 11.3 Å². The van der Waals surface area contributed by atoms with Gasteiger partial charge in [0.2, 0.25) is 0 Å². The molecule has 3 rings (SSSR count). The van der Waals surface area contributed by atoms with Crippen molar-refractivity contribution < 1.29 is 13.2 Å². The number of aryl methyl sites for hydroxylation is 2. The molecule has 1 heterocycles. The van der Waals surface area contributed by atoms with E-state index in [1.165, 1.54) is 28.9 Å². The average Bonchev–Trinajstić information content (AvgIpc) is 3.03. The van der Waals surface area contributed by atoms with Crippen molar-refractivity contribution in [3.63, 3.8) is 0 Å². The van der Waals surface area contributed by atoms with Crippen molar-refractivity contribution in [2.45, 2.75) is 25.4 Å². The highest BCUT2D eigenvalue weighted by atomic mass is 32.1. The Labute approximate surface area is 118 Å². The molecule has 1 aliphatic carbocycles. The molecule has 0 aliphatic heterocycles. The van der Waals surface area contributed by atoms with Gasteiger partial charge in [-0.3, -0.25) is 0 Å². The minimum Gasteiger partial charge on any atom is -0.352 e. The molecule has 1 aromatic carbocycles. The number of halogens is 3. The third kappa shape index (κ3) is 2.95. The van der Waals surface area contributed by atoms with Gasteiger partial charge in [-0.05, 0) is 36.5 Å². The fourth-order valence-electron chi connectivity index (χ4n) is 2.39.